The summed E-state index contributed by atoms with van der Waals surface area (Å²) in [4.78, 5) is 2.77. The predicted octanol–water partition coefficient (Wildman–Crippen LogP) is 3.48. The minimum atomic E-state index is 0.302. The summed E-state index contributed by atoms with van der Waals surface area (Å²) >= 11 is 1.87. The molecule has 1 heterocycles. The summed E-state index contributed by atoms with van der Waals surface area (Å²) in [7, 11) is 0. The largest absolute Gasteiger partial charge is 0.374 e. The zero-order valence-corrected chi connectivity index (χ0v) is 11.8. The Labute approximate surface area is 103 Å². The van der Waals surface area contributed by atoms with E-state index in [2.05, 4.69) is 46.0 Å². The first-order chi connectivity index (χ1) is 7.49. The Bertz CT molecular complexity index is 318. The number of hydrogen-bond acceptors (Lipinski definition) is 3. The van der Waals surface area contributed by atoms with Gasteiger partial charge in [-0.2, -0.15) is 0 Å². The summed E-state index contributed by atoms with van der Waals surface area (Å²) in [5.41, 5.74) is 1.33. The summed E-state index contributed by atoms with van der Waals surface area (Å²) < 4.78 is 5.63. The van der Waals surface area contributed by atoms with E-state index in [4.69, 9.17) is 4.74 Å². The van der Waals surface area contributed by atoms with E-state index < -0.39 is 0 Å². The second-order valence-electron chi connectivity index (χ2n) is 4.69. The molecule has 0 unspecified atom stereocenters. The van der Waals surface area contributed by atoms with Crippen LogP contribution in [-0.4, -0.2) is 12.1 Å². The van der Waals surface area contributed by atoms with Gasteiger partial charge in [0.2, 0.25) is 0 Å². The number of rotatable bonds is 6. The maximum Gasteiger partial charge on any atom is 0.0731 e. The van der Waals surface area contributed by atoms with Crippen molar-refractivity contribution < 1.29 is 4.74 Å². The van der Waals surface area contributed by atoms with Gasteiger partial charge in [0.1, 0.15) is 0 Å². The van der Waals surface area contributed by atoms with E-state index in [1.165, 1.54) is 15.3 Å². The van der Waals surface area contributed by atoms with Gasteiger partial charge in [0, 0.05) is 22.3 Å². The van der Waals surface area contributed by atoms with Crippen LogP contribution >= 0.6 is 11.3 Å². The first kappa shape index (κ1) is 13.7. The minimum absolute atomic E-state index is 0.302. The molecule has 0 aliphatic carbocycles. The van der Waals surface area contributed by atoms with E-state index in [9.17, 15) is 0 Å². The molecule has 3 heteroatoms. The lowest BCUT2D eigenvalue weighted by Gasteiger charge is -2.06. The second-order valence-corrected chi connectivity index (χ2v) is 6.03. The van der Waals surface area contributed by atoms with Crippen molar-refractivity contribution in [2.75, 3.05) is 0 Å². The van der Waals surface area contributed by atoms with Gasteiger partial charge in [-0.15, -0.1) is 11.3 Å². The third-order valence-corrected chi connectivity index (χ3v) is 3.42. The van der Waals surface area contributed by atoms with Gasteiger partial charge in [-0.1, -0.05) is 13.8 Å². The minimum Gasteiger partial charge on any atom is -0.374 e. The smallest absolute Gasteiger partial charge is 0.0731 e. The first-order valence-corrected chi connectivity index (χ1v) is 6.74. The van der Waals surface area contributed by atoms with Crippen LogP contribution in [0.25, 0.3) is 0 Å². The van der Waals surface area contributed by atoms with Gasteiger partial charge in [0.05, 0.1) is 12.7 Å². The topological polar surface area (TPSA) is 21.3 Å². The summed E-state index contributed by atoms with van der Waals surface area (Å²) in [5, 5.41) is 3.44. The Balaban J connectivity index is 2.52. The fraction of sp³-hybridized carbons (Fsp3) is 0.692. The van der Waals surface area contributed by atoms with Crippen molar-refractivity contribution in [3.8, 4) is 0 Å². The predicted molar refractivity (Wildman–Crippen MR) is 71.0 cm³/mol. The Morgan fingerprint density at radius 3 is 2.56 bits per heavy atom. The maximum atomic E-state index is 5.63. The summed E-state index contributed by atoms with van der Waals surface area (Å²) in [6, 6.07) is 2.80. The highest BCUT2D eigenvalue weighted by molar-refractivity contribution is 7.12. The maximum absolute atomic E-state index is 5.63. The van der Waals surface area contributed by atoms with Crippen molar-refractivity contribution >= 4 is 11.3 Å². The quantitative estimate of drug-likeness (QED) is 0.823. The average Bonchev–Trinajstić information content (AvgIpc) is 2.53. The molecule has 16 heavy (non-hydrogen) atoms. The highest BCUT2D eigenvalue weighted by Gasteiger charge is 2.06. The number of ether oxygens (including phenoxy) is 1. The second kappa shape index (κ2) is 6.38. The molecule has 0 saturated carbocycles. The van der Waals surface area contributed by atoms with E-state index in [1.54, 1.807) is 0 Å². The lowest BCUT2D eigenvalue weighted by atomic mass is 10.2. The fourth-order valence-corrected chi connectivity index (χ4v) is 2.38. The molecular weight excluding hydrogens is 218 g/mol. The monoisotopic (exact) mass is 241 g/mol. The van der Waals surface area contributed by atoms with Gasteiger partial charge in [-0.3, -0.25) is 0 Å². The molecule has 0 aromatic carbocycles. The zero-order chi connectivity index (χ0) is 12.1. The third-order valence-electron chi connectivity index (χ3n) is 2.33. The highest BCUT2D eigenvalue weighted by Crippen LogP contribution is 2.22. The first-order valence-electron chi connectivity index (χ1n) is 5.92. The third kappa shape index (κ3) is 4.64. The van der Waals surface area contributed by atoms with Crippen LogP contribution in [0, 0.1) is 6.92 Å². The standard InChI is InChI=1S/C13H23NOS/c1-9(2)14-7-13-6-12(11(5)16-13)8-15-10(3)4/h6,9-10,14H,7-8H2,1-5H3. The van der Waals surface area contributed by atoms with Crippen molar-refractivity contribution in [2.24, 2.45) is 0 Å². The summed E-state index contributed by atoms with van der Waals surface area (Å²) in [6.07, 6.45) is 0.302. The van der Waals surface area contributed by atoms with E-state index >= 15 is 0 Å². The molecule has 1 aromatic rings. The molecule has 0 fully saturated rings. The van der Waals surface area contributed by atoms with Crippen LogP contribution in [0.1, 0.15) is 43.0 Å². The van der Waals surface area contributed by atoms with Gasteiger partial charge < -0.3 is 10.1 Å². The highest BCUT2D eigenvalue weighted by atomic mass is 32.1. The molecule has 92 valence electrons. The van der Waals surface area contributed by atoms with Crippen LogP contribution in [0.2, 0.25) is 0 Å². The van der Waals surface area contributed by atoms with Gasteiger partial charge in [-0.05, 0) is 32.4 Å². The molecule has 1 rings (SSSR count). The molecule has 2 nitrogen and oxygen atoms in total. The molecule has 0 atom stereocenters. The average molecular weight is 241 g/mol. The van der Waals surface area contributed by atoms with Crippen molar-refractivity contribution in [3.05, 3.63) is 21.4 Å². The molecule has 0 bridgehead atoms. The number of nitrogens with one attached hydrogen (secondary N) is 1. The SMILES string of the molecule is Cc1sc(CNC(C)C)cc1COC(C)C. The normalized spacial score (nSPS) is 11.7. The summed E-state index contributed by atoms with van der Waals surface area (Å²) in [5.74, 6) is 0. The van der Waals surface area contributed by atoms with Gasteiger partial charge >= 0.3 is 0 Å². The molecule has 0 radical (unpaired) electrons. The summed E-state index contributed by atoms with van der Waals surface area (Å²) in [6.45, 7) is 12.4. The molecule has 1 N–H and O–H groups in total. The van der Waals surface area contributed by atoms with E-state index in [1.807, 2.05) is 11.3 Å². The van der Waals surface area contributed by atoms with Crippen molar-refractivity contribution in [3.63, 3.8) is 0 Å². The molecule has 0 aliphatic rings. The van der Waals surface area contributed by atoms with Crippen LogP contribution in [0.3, 0.4) is 0 Å². The van der Waals surface area contributed by atoms with Crippen LogP contribution in [0.15, 0.2) is 6.07 Å². The Morgan fingerprint density at radius 2 is 2.00 bits per heavy atom. The number of thiophene rings is 1. The van der Waals surface area contributed by atoms with Crippen molar-refractivity contribution in [1.29, 1.82) is 0 Å². The van der Waals surface area contributed by atoms with E-state index in [-0.39, 0.29) is 0 Å². The van der Waals surface area contributed by atoms with Crippen LogP contribution in [-0.2, 0) is 17.9 Å². The van der Waals surface area contributed by atoms with E-state index in [0.29, 0.717) is 12.1 Å². The molecule has 0 amide bonds. The Hall–Kier alpha value is -0.380. The van der Waals surface area contributed by atoms with Crippen LogP contribution in [0.4, 0.5) is 0 Å². The van der Waals surface area contributed by atoms with Crippen LogP contribution < -0.4 is 5.32 Å². The van der Waals surface area contributed by atoms with Crippen molar-refractivity contribution in [1.82, 2.24) is 5.32 Å². The zero-order valence-electron chi connectivity index (χ0n) is 11.0. The molecule has 0 saturated heterocycles. The molecule has 1 aromatic heterocycles. The Kier molecular flexibility index (Phi) is 5.46. The van der Waals surface area contributed by atoms with Gasteiger partial charge in [0.15, 0.2) is 0 Å². The van der Waals surface area contributed by atoms with E-state index in [0.717, 1.165) is 13.2 Å². The Morgan fingerprint density at radius 1 is 1.31 bits per heavy atom. The lowest BCUT2D eigenvalue weighted by Crippen LogP contribution is -2.21. The molecule has 0 spiro atoms. The van der Waals surface area contributed by atoms with Crippen LogP contribution in [0.5, 0.6) is 0 Å². The van der Waals surface area contributed by atoms with Crippen molar-refractivity contribution in [2.45, 2.75) is 59.9 Å². The molecule has 0 aliphatic heterocycles. The fourth-order valence-electron chi connectivity index (χ4n) is 1.38. The van der Waals surface area contributed by atoms with Gasteiger partial charge in [-0.25, -0.2) is 0 Å². The molecular formula is C13H23NOS. The lowest BCUT2D eigenvalue weighted by molar-refractivity contribution is 0.0656. The van der Waals surface area contributed by atoms with Gasteiger partial charge in [0.25, 0.3) is 0 Å². The number of hydrogen-bond donors (Lipinski definition) is 1. The number of aryl methyl sites for hydroxylation is 1.